The summed E-state index contributed by atoms with van der Waals surface area (Å²) in [5.74, 6) is 2.33. The van der Waals surface area contributed by atoms with Crippen LogP contribution >= 0.6 is 0 Å². The molecule has 1 aromatic carbocycles. The van der Waals surface area contributed by atoms with Gasteiger partial charge in [-0.05, 0) is 70.8 Å². The Bertz CT molecular complexity index is 1560. The molecule has 1 aliphatic carbocycles. The highest BCUT2D eigenvalue weighted by Gasteiger charge is 2.34. The summed E-state index contributed by atoms with van der Waals surface area (Å²) in [5.41, 5.74) is 2.90. The van der Waals surface area contributed by atoms with Gasteiger partial charge in [0.05, 0.1) is 41.9 Å². The third-order valence-electron chi connectivity index (χ3n) is 8.79. The van der Waals surface area contributed by atoms with Gasteiger partial charge >= 0.3 is 0 Å². The van der Waals surface area contributed by atoms with Crippen molar-refractivity contribution in [2.45, 2.75) is 82.8 Å². The van der Waals surface area contributed by atoms with E-state index in [-0.39, 0.29) is 23.9 Å². The van der Waals surface area contributed by atoms with Gasteiger partial charge < -0.3 is 30.1 Å². The normalized spacial score (nSPS) is 21.5. The van der Waals surface area contributed by atoms with E-state index in [4.69, 9.17) is 14.6 Å². The molecule has 3 aliphatic rings. The SMILES string of the molecule is CC(C)Nc1nn(C2CCN(c3ncc(O[C@H]4C[C@H](OC5CCNCC5)C4)cn3)CC2)c2cc(-c3ccccc3O)nnc12. The molecule has 3 fully saturated rings. The Kier molecular flexibility index (Phi) is 8.18. The van der Waals surface area contributed by atoms with Gasteiger partial charge in [0.2, 0.25) is 5.95 Å². The molecule has 3 aromatic heterocycles. The summed E-state index contributed by atoms with van der Waals surface area (Å²) in [6.07, 6.45) is 10.2. The number of ether oxygens (including phenoxy) is 2. The summed E-state index contributed by atoms with van der Waals surface area (Å²) < 4.78 is 14.4. The predicted octanol–water partition coefficient (Wildman–Crippen LogP) is 4.33. The number of hydrogen-bond acceptors (Lipinski definition) is 11. The van der Waals surface area contributed by atoms with Crippen LogP contribution in [0.4, 0.5) is 11.8 Å². The van der Waals surface area contributed by atoms with Gasteiger partial charge in [-0.2, -0.15) is 5.10 Å². The van der Waals surface area contributed by atoms with E-state index in [9.17, 15) is 5.11 Å². The molecule has 1 saturated carbocycles. The molecule has 12 nitrogen and oxygen atoms in total. The van der Waals surface area contributed by atoms with Crippen LogP contribution < -0.4 is 20.3 Å². The molecule has 12 heteroatoms. The number of nitrogens with zero attached hydrogens (tertiary/aromatic N) is 7. The van der Waals surface area contributed by atoms with Crippen molar-refractivity contribution in [3.63, 3.8) is 0 Å². The van der Waals surface area contributed by atoms with Crippen molar-refractivity contribution in [3.8, 4) is 22.8 Å². The number of piperidine rings is 2. The Morgan fingerprint density at radius 2 is 1.70 bits per heavy atom. The average Bonchev–Trinajstić information content (AvgIpc) is 3.38. The molecule has 4 aromatic rings. The first-order valence-corrected chi connectivity index (χ1v) is 15.9. The lowest BCUT2D eigenvalue weighted by Crippen LogP contribution is -2.43. The monoisotopic (exact) mass is 599 g/mol. The number of anilines is 2. The first-order valence-electron chi connectivity index (χ1n) is 15.9. The number of aromatic nitrogens is 6. The molecule has 0 radical (unpaired) electrons. The molecule has 0 unspecified atom stereocenters. The van der Waals surface area contributed by atoms with Crippen molar-refractivity contribution in [1.82, 2.24) is 35.3 Å². The van der Waals surface area contributed by atoms with E-state index in [1.807, 2.05) is 18.2 Å². The minimum Gasteiger partial charge on any atom is -0.507 e. The minimum atomic E-state index is 0.168. The molecule has 0 spiro atoms. The van der Waals surface area contributed by atoms with Gasteiger partial charge in [-0.25, -0.2) is 9.97 Å². The largest absolute Gasteiger partial charge is 0.507 e. The van der Waals surface area contributed by atoms with Crippen LogP contribution in [-0.4, -0.2) is 85.6 Å². The smallest absolute Gasteiger partial charge is 0.225 e. The van der Waals surface area contributed by atoms with Gasteiger partial charge in [-0.15, -0.1) is 10.2 Å². The molecular formula is C32H41N9O3. The summed E-state index contributed by atoms with van der Waals surface area (Å²) in [6.45, 7) is 7.87. The highest BCUT2D eigenvalue weighted by molar-refractivity contribution is 5.88. The molecule has 0 amide bonds. The lowest BCUT2D eigenvalue weighted by atomic mass is 9.91. The van der Waals surface area contributed by atoms with Crippen LogP contribution in [0.5, 0.6) is 11.5 Å². The number of para-hydroxylation sites is 1. The van der Waals surface area contributed by atoms with Gasteiger partial charge in [-0.3, -0.25) is 4.68 Å². The Labute approximate surface area is 257 Å². The lowest BCUT2D eigenvalue weighted by Gasteiger charge is -2.38. The van der Waals surface area contributed by atoms with Crippen LogP contribution in [0.1, 0.15) is 58.4 Å². The van der Waals surface area contributed by atoms with Crippen molar-refractivity contribution in [2.24, 2.45) is 0 Å². The van der Waals surface area contributed by atoms with Crippen LogP contribution in [0.25, 0.3) is 22.3 Å². The second-order valence-electron chi connectivity index (χ2n) is 12.4. The lowest BCUT2D eigenvalue weighted by molar-refractivity contribution is -0.103. The molecule has 2 aliphatic heterocycles. The first kappa shape index (κ1) is 28.7. The average molecular weight is 600 g/mol. The third-order valence-corrected chi connectivity index (χ3v) is 8.79. The van der Waals surface area contributed by atoms with E-state index in [1.54, 1.807) is 24.5 Å². The zero-order chi connectivity index (χ0) is 30.0. The molecule has 7 rings (SSSR count). The molecule has 44 heavy (non-hydrogen) atoms. The zero-order valence-electron chi connectivity index (χ0n) is 25.4. The first-order chi connectivity index (χ1) is 21.5. The quantitative estimate of drug-likeness (QED) is 0.254. The van der Waals surface area contributed by atoms with Crippen LogP contribution in [-0.2, 0) is 4.74 Å². The number of benzene rings is 1. The summed E-state index contributed by atoms with van der Waals surface area (Å²) in [6, 6.07) is 9.55. The van der Waals surface area contributed by atoms with Crippen molar-refractivity contribution in [3.05, 3.63) is 42.7 Å². The Morgan fingerprint density at radius 1 is 0.955 bits per heavy atom. The molecule has 232 valence electrons. The maximum Gasteiger partial charge on any atom is 0.225 e. The van der Waals surface area contributed by atoms with Crippen LogP contribution in [0.2, 0.25) is 0 Å². The van der Waals surface area contributed by atoms with Crippen molar-refractivity contribution >= 4 is 22.8 Å². The van der Waals surface area contributed by atoms with E-state index < -0.39 is 0 Å². The molecule has 2 saturated heterocycles. The van der Waals surface area contributed by atoms with E-state index in [0.29, 0.717) is 29.2 Å². The topological polar surface area (TPSA) is 135 Å². The second kappa shape index (κ2) is 12.5. The summed E-state index contributed by atoms with van der Waals surface area (Å²) in [4.78, 5) is 11.5. The zero-order valence-corrected chi connectivity index (χ0v) is 25.4. The number of nitrogens with one attached hydrogen (secondary N) is 2. The summed E-state index contributed by atoms with van der Waals surface area (Å²) in [7, 11) is 0. The number of hydrogen-bond donors (Lipinski definition) is 3. The third kappa shape index (κ3) is 6.14. The van der Waals surface area contributed by atoms with E-state index >= 15 is 0 Å². The summed E-state index contributed by atoms with van der Waals surface area (Å²) >= 11 is 0. The molecule has 3 N–H and O–H groups in total. The summed E-state index contributed by atoms with van der Waals surface area (Å²) in [5, 5.41) is 31.2. The number of phenols is 1. The minimum absolute atomic E-state index is 0.168. The van der Waals surface area contributed by atoms with Gasteiger partial charge in [0.1, 0.15) is 11.9 Å². The van der Waals surface area contributed by atoms with Crippen LogP contribution in [0, 0.1) is 0 Å². The number of rotatable bonds is 9. The predicted molar refractivity (Wildman–Crippen MR) is 168 cm³/mol. The fourth-order valence-corrected chi connectivity index (χ4v) is 6.37. The number of fused-ring (bicyclic) bond motifs is 1. The number of aromatic hydroxyl groups is 1. The Balaban J connectivity index is 0.986. The van der Waals surface area contributed by atoms with Crippen molar-refractivity contribution < 1.29 is 14.6 Å². The maximum atomic E-state index is 10.4. The Hall–Kier alpha value is -4.03. The standard InChI is InChI=1S/C32H41N9O3/c1-20(2)36-31-30-28(17-27(37-38-30)26-5-3-4-6-29(26)42)41(39-31)21-9-13-40(14-10-21)32-34-18-25(19-35-32)44-24-15-23(16-24)43-22-7-11-33-12-8-22/h3-6,17-24,33,42H,7-16H2,1-2H3,(H,36,39)/t23-,24-. The highest BCUT2D eigenvalue weighted by atomic mass is 16.5. The van der Waals surface area contributed by atoms with Crippen molar-refractivity contribution in [2.75, 3.05) is 36.4 Å². The van der Waals surface area contributed by atoms with Crippen LogP contribution in [0.3, 0.4) is 0 Å². The van der Waals surface area contributed by atoms with Gasteiger partial charge in [-0.1, -0.05) is 12.1 Å². The number of phenolic OH excluding ortho intramolecular Hbond substituents is 1. The fourth-order valence-electron chi connectivity index (χ4n) is 6.37. The van der Waals surface area contributed by atoms with Gasteiger partial charge in [0.25, 0.3) is 0 Å². The fraction of sp³-hybridized carbons (Fsp3) is 0.531. The molecule has 0 bridgehead atoms. The molecule has 5 heterocycles. The van der Waals surface area contributed by atoms with Gasteiger partial charge in [0, 0.05) is 37.5 Å². The van der Waals surface area contributed by atoms with Crippen molar-refractivity contribution in [1.29, 1.82) is 0 Å². The van der Waals surface area contributed by atoms with Crippen LogP contribution in [0.15, 0.2) is 42.7 Å². The maximum absolute atomic E-state index is 10.4. The van der Waals surface area contributed by atoms with E-state index in [2.05, 4.69) is 54.2 Å². The molecular weight excluding hydrogens is 558 g/mol. The second-order valence-corrected chi connectivity index (χ2v) is 12.4. The molecule has 0 atom stereocenters. The van der Waals surface area contributed by atoms with Gasteiger partial charge in [0.15, 0.2) is 17.1 Å². The van der Waals surface area contributed by atoms with E-state index in [1.165, 1.54) is 0 Å². The van der Waals surface area contributed by atoms with E-state index in [0.717, 1.165) is 87.5 Å². The highest BCUT2D eigenvalue weighted by Crippen LogP contribution is 2.34. The Morgan fingerprint density at radius 3 is 2.43 bits per heavy atom.